The maximum absolute atomic E-state index is 5.56. The van der Waals surface area contributed by atoms with Gasteiger partial charge in [-0.3, -0.25) is 4.90 Å². The van der Waals surface area contributed by atoms with E-state index < -0.39 is 0 Å². The predicted molar refractivity (Wildman–Crippen MR) is 72.2 cm³/mol. The maximum atomic E-state index is 5.56. The van der Waals surface area contributed by atoms with Gasteiger partial charge in [-0.2, -0.15) is 0 Å². The normalized spacial score (nSPS) is 23.7. The van der Waals surface area contributed by atoms with Crippen molar-refractivity contribution in [3.63, 3.8) is 0 Å². The Morgan fingerprint density at radius 1 is 1.33 bits per heavy atom. The fourth-order valence-corrected chi connectivity index (χ4v) is 2.52. The molecule has 100 valence electrons. The van der Waals surface area contributed by atoms with Crippen molar-refractivity contribution in [2.45, 2.75) is 26.2 Å². The van der Waals surface area contributed by atoms with Gasteiger partial charge in [0.1, 0.15) is 0 Å². The summed E-state index contributed by atoms with van der Waals surface area (Å²) in [7, 11) is 1.73. The molecule has 0 aliphatic carbocycles. The molecule has 2 rings (SSSR count). The monoisotopic (exact) mass is 249 g/mol. The first kappa shape index (κ1) is 13.5. The Morgan fingerprint density at radius 3 is 2.78 bits per heavy atom. The Hall–Kier alpha value is -0.900. The Balaban J connectivity index is 1.89. The minimum Gasteiger partial charge on any atom is -0.356 e. The lowest BCUT2D eigenvalue weighted by atomic mass is 10.1. The van der Waals surface area contributed by atoms with Crippen LogP contribution in [0.4, 0.5) is 0 Å². The first-order chi connectivity index (χ1) is 8.83. The smallest absolute Gasteiger partial charge is 0.161 e. The molecule has 0 radical (unpaired) electrons. The minimum atomic E-state index is -0.0187. The van der Waals surface area contributed by atoms with Crippen LogP contribution in [0.3, 0.4) is 0 Å². The van der Waals surface area contributed by atoms with Crippen molar-refractivity contribution in [2.24, 2.45) is 5.92 Å². The summed E-state index contributed by atoms with van der Waals surface area (Å²) in [5.74, 6) is 0.499. The Bertz CT molecular complexity index is 342. The van der Waals surface area contributed by atoms with Crippen molar-refractivity contribution < 1.29 is 9.47 Å². The zero-order valence-corrected chi connectivity index (χ0v) is 11.3. The molecule has 1 aromatic carbocycles. The first-order valence-corrected chi connectivity index (χ1v) is 6.74. The van der Waals surface area contributed by atoms with E-state index in [1.165, 1.54) is 5.56 Å². The van der Waals surface area contributed by atoms with E-state index >= 15 is 0 Å². The molecule has 0 bridgehead atoms. The lowest BCUT2D eigenvalue weighted by Gasteiger charge is -2.26. The van der Waals surface area contributed by atoms with Crippen LogP contribution in [0.5, 0.6) is 0 Å². The number of hydrogen-bond donors (Lipinski definition) is 0. The average Bonchev–Trinajstić information content (AvgIpc) is 2.86. The molecule has 1 fully saturated rings. The molecule has 18 heavy (non-hydrogen) atoms. The van der Waals surface area contributed by atoms with Crippen LogP contribution < -0.4 is 0 Å². The zero-order chi connectivity index (χ0) is 12.8. The van der Waals surface area contributed by atoms with Crippen LogP contribution in [-0.4, -0.2) is 38.0 Å². The highest BCUT2D eigenvalue weighted by Crippen LogP contribution is 2.23. The van der Waals surface area contributed by atoms with Crippen LogP contribution >= 0.6 is 0 Å². The third-order valence-electron chi connectivity index (χ3n) is 3.58. The zero-order valence-electron chi connectivity index (χ0n) is 11.3. The van der Waals surface area contributed by atoms with Gasteiger partial charge >= 0.3 is 0 Å². The molecule has 0 unspecified atom stereocenters. The lowest BCUT2D eigenvalue weighted by Crippen LogP contribution is -2.33. The van der Waals surface area contributed by atoms with Gasteiger partial charge in [0.05, 0.1) is 6.61 Å². The van der Waals surface area contributed by atoms with E-state index in [0.717, 1.165) is 32.7 Å². The van der Waals surface area contributed by atoms with Crippen LogP contribution in [0.2, 0.25) is 0 Å². The highest BCUT2D eigenvalue weighted by Gasteiger charge is 2.29. The molecule has 0 amide bonds. The topological polar surface area (TPSA) is 21.7 Å². The Kier molecular flexibility index (Phi) is 5.17. The van der Waals surface area contributed by atoms with Crippen molar-refractivity contribution in [2.75, 3.05) is 26.8 Å². The third-order valence-corrected chi connectivity index (χ3v) is 3.58. The molecule has 2 atom stereocenters. The Labute approximate surface area is 110 Å². The van der Waals surface area contributed by atoms with E-state index in [1.807, 2.05) is 0 Å². The van der Waals surface area contributed by atoms with Gasteiger partial charge in [0, 0.05) is 26.1 Å². The van der Waals surface area contributed by atoms with Gasteiger partial charge in [0.25, 0.3) is 0 Å². The van der Waals surface area contributed by atoms with E-state index in [1.54, 1.807) is 7.11 Å². The summed E-state index contributed by atoms with van der Waals surface area (Å²) in [4.78, 5) is 2.46. The van der Waals surface area contributed by atoms with Crippen LogP contribution in [0, 0.1) is 5.92 Å². The van der Waals surface area contributed by atoms with E-state index in [4.69, 9.17) is 9.47 Å². The van der Waals surface area contributed by atoms with Crippen molar-refractivity contribution in [1.82, 2.24) is 4.90 Å². The molecule has 0 N–H and O–H groups in total. The number of benzene rings is 1. The third kappa shape index (κ3) is 3.55. The highest BCUT2D eigenvalue weighted by molar-refractivity contribution is 5.14. The number of hydrogen-bond acceptors (Lipinski definition) is 3. The fourth-order valence-electron chi connectivity index (χ4n) is 2.52. The van der Waals surface area contributed by atoms with Crippen molar-refractivity contribution in [3.05, 3.63) is 35.9 Å². The van der Waals surface area contributed by atoms with Gasteiger partial charge < -0.3 is 9.47 Å². The van der Waals surface area contributed by atoms with Gasteiger partial charge in [-0.25, -0.2) is 0 Å². The summed E-state index contributed by atoms with van der Waals surface area (Å²) in [6, 6.07) is 10.6. The average molecular weight is 249 g/mol. The van der Waals surface area contributed by atoms with E-state index in [2.05, 4.69) is 42.2 Å². The van der Waals surface area contributed by atoms with Crippen molar-refractivity contribution >= 4 is 0 Å². The number of methoxy groups -OCH3 is 1. The molecule has 1 aliphatic heterocycles. The first-order valence-electron chi connectivity index (χ1n) is 6.74. The van der Waals surface area contributed by atoms with Gasteiger partial charge in [-0.05, 0) is 18.5 Å². The molecule has 0 aromatic heterocycles. The van der Waals surface area contributed by atoms with Crippen LogP contribution in [0.1, 0.15) is 18.9 Å². The summed E-state index contributed by atoms with van der Waals surface area (Å²) in [6.07, 6.45) is 1.08. The van der Waals surface area contributed by atoms with Crippen molar-refractivity contribution in [1.29, 1.82) is 0 Å². The lowest BCUT2D eigenvalue weighted by molar-refractivity contribution is -0.113. The second-order valence-corrected chi connectivity index (χ2v) is 4.84. The summed E-state index contributed by atoms with van der Waals surface area (Å²) in [5, 5.41) is 0. The highest BCUT2D eigenvalue weighted by atomic mass is 16.7. The van der Waals surface area contributed by atoms with Gasteiger partial charge in [0.15, 0.2) is 6.29 Å². The summed E-state index contributed by atoms with van der Waals surface area (Å²) in [6.45, 7) is 6.14. The predicted octanol–water partition coefficient (Wildman–Crippen LogP) is 2.52. The quantitative estimate of drug-likeness (QED) is 0.773. The molecule has 1 saturated heterocycles. The second kappa shape index (κ2) is 6.88. The molecule has 1 heterocycles. The van der Waals surface area contributed by atoms with Gasteiger partial charge in [-0.1, -0.05) is 37.3 Å². The maximum Gasteiger partial charge on any atom is 0.161 e. The fraction of sp³-hybridized carbons (Fsp3) is 0.600. The molecule has 0 saturated carbocycles. The van der Waals surface area contributed by atoms with E-state index in [0.29, 0.717) is 5.92 Å². The standard InChI is InChI=1S/C15H23NO2/c1-3-16(11-13-7-5-4-6-8-13)12-14-9-10-18-15(14)17-2/h4-8,14-15H,3,9-12H2,1-2H3/t14-,15+/m1/s1. The van der Waals surface area contributed by atoms with Gasteiger partial charge in [0.2, 0.25) is 0 Å². The summed E-state index contributed by atoms with van der Waals surface area (Å²) in [5.41, 5.74) is 1.37. The molecule has 1 aromatic rings. The van der Waals surface area contributed by atoms with Crippen LogP contribution in [0.15, 0.2) is 30.3 Å². The van der Waals surface area contributed by atoms with E-state index in [9.17, 15) is 0 Å². The molecule has 3 heteroatoms. The largest absolute Gasteiger partial charge is 0.356 e. The number of rotatable bonds is 6. The van der Waals surface area contributed by atoms with Crippen LogP contribution in [0.25, 0.3) is 0 Å². The molecular formula is C15H23NO2. The number of nitrogens with zero attached hydrogens (tertiary/aromatic N) is 1. The number of ether oxygens (including phenoxy) is 2. The Morgan fingerprint density at radius 2 is 2.11 bits per heavy atom. The van der Waals surface area contributed by atoms with Crippen molar-refractivity contribution in [3.8, 4) is 0 Å². The molecular weight excluding hydrogens is 226 g/mol. The summed E-state index contributed by atoms with van der Waals surface area (Å²) >= 11 is 0. The summed E-state index contributed by atoms with van der Waals surface area (Å²) < 4.78 is 10.9. The molecule has 3 nitrogen and oxygen atoms in total. The molecule has 0 spiro atoms. The van der Waals surface area contributed by atoms with E-state index in [-0.39, 0.29) is 6.29 Å². The second-order valence-electron chi connectivity index (χ2n) is 4.84. The van der Waals surface area contributed by atoms with Crippen LogP contribution in [-0.2, 0) is 16.0 Å². The minimum absolute atomic E-state index is 0.0187. The SMILES string of the molecule is CCN(Cc1ccccc1)C[C@H]1CCO[C@@H]1OC. The molecule has 1 aliphatic rings. The van der Waals surface area contributed by atoms with Gasteiger partial charge in [-0.15, -0.1) is 0 Å².